The van der Waals surface area contributed by atoms with Gasteiger partial charge >= 0.3 is 5.97 Å². The normalized spacial score (nSPS) is 12.8. The molecular formula is C24H24NO4P. The first-order valence-electron chi connectivity index (χ1n) is 9.49. The van der Waals surface area contributed by atoms with Gasteiger partial charge in [0.15, 0.2) is 7.14 Å². The molecule has 0 fully saturated rings. The maximum Gasteiger partial charge on any atom is 0.321 e. The summed E-state index contributed by atoms with van der Waals surface area (Å²) in [7, 11) is -0.710. The van der Waals surface area contributed by atoms with Crippen molar-refractivity contribution in [3.8, 4) is 0 Å². The molecule has 0 aliphatic heterocycles. The van der Waals surface area contributed by atoms with Crippen molar-refractivity contribution in [1.29, 1.82) is 0 Å². The number of methoxy groups -OCH3 is 1. The Kier molecular flexibility index (Phi) is 6.86. The molecule has 0 aliphatic rings. The highest BCUT2D eigenvalue weighted by Gasteiger charge is 2.44. The summed E-state index contributed by atoms with van der Waals surface area (Å²) in [6.07, 6.45) is 0. The van der Waals surface area contributed by atoms with Gasteiger partial charge in [0.05, 0.1) is 12.8 Å². The van der Waals surface area contributed by atoms with Crippen molar-refractivity contribution >= 4 is 29.4 Å². The zero-order valence-corrected chi connectivity index (χ0v) is 18.1. The number of carbonyl (C=O) groups is 1. The molecule has 1 unspecified atom stereocenters. The van der Waals surface area contributed by atoms with E-state index in [-0.39, 0.29) is 0 Å². The maximum atomic E-state index is 14.9. The summed E-state index contributed by atoms with van der Waals surface area (Å²) in [4.78, 5) is 18.1. The maximum absolute atomic E-state index is 14.9. The van der Waals surface area contributed by atoms with Crippen LogP contribution in [0.5, 0.6) is 0 Å². The van der Waals surface area contributed by atoms with E-state index in [9.17, 15) is 9.36 Å². The predicted molar refractivity (Wildman–Crippen MR) is 120 cm³/mol. The fraction of sp³-hybridized carbons (Fsp3) is 0.167. The van der Waals surface area contributed by atoms with Crippen molar-refractivity contribution in [3.63, 3.8) is 0 Å². The third-order valence-electron chi connectivity index (χ3n) is 4.94. The molecular weight excluding hydrogens is 397 g/mol. The molecule has 3 aromatic carbocycles. The number of esters is 1. The molecule has 1 atom stereocenters. The van der Waals surface area contributed by atoms with Gasteiger partial charge in [-0.1, -0.05) is 90.1 Å². The molecule has 0 radical (unpaired) electrons. The molecule has 30 heavy (non-hydrogen) atoms. The van der Waals surface area contributed by atoms with E-state index >= 15 is 0 Å². The average molecular weight is 421 g/mol. The van der Waals surface area contributed by atoms with E-state index in [1.807, 2.05) is 54.6 Å². The lowest BCUT2D eigenvalue weighted by Crippen LogP contribution is -2.28. The van der Waals surface area contributed by atoms with Crippen LogP contribution in [0.1, 0.15) is 23.7 Å². The molecule has 0 heterocycles. The van der Waals surface area contributed by atoms with Crippen LogP contribution in [0.3, 0.4) is 0 Å². The highest BCUT2D eigenvalue weighted by atomic mass is 31.2. The first-order valence-corrected chi connectivity index (χ1v) is 11.3. The van der Waals surface area contributed by atoms with Crippen molar-refractivity contribution in [2.24, 2.45) is 5.16 Å². The van der Waals surface area contributed by atoms with Crippen LogP contribution < -0.4 is 10.6 Å². The molecule has 6 heteroatoms. The van der Waals surface area contributed by atoms with E-state index in [4.69, 9.17) is 9.57 Å². The van der Waals surface area contributed by atoms with E-state index in [0.29, 0.717) is 27.4 Å². The first-order chi connectivity index (χ1) is 14.5. The SMILES string of the molecule is CO/N=C(/C)c1ccccc1C(C(=O)OC)P(=O)(c1ccccc1)c1ccccc1. The Morgan fingerprint density at radius 1 is 0.833 bits per heavy atom. The average Bonchev–Trinajstić information content (AvgIpc) is 2.80. The molecule has 0 aromatic heterocycles. The first kappa shape index (κ1) is 21.5. The van der Waals surface area contributed by atoms with Gasteiger partial charge in [-0.15, -0.1) is 0 Å². The fourth-order valence-corrected chi connectivity index (χ4v) is 6.72. The molecule has 0 saturated carbocycles. The van der Waals surface area contributed by atoms with Gasteiger partial charge in [0, 0.05) is 16.2 Å². The predicted octanol–water partition coefficient (Wildman–Crippen LogP) is 4.29. The second kappa shape index (κ2) is 9.55. The Morgan fingerprint density at radius 3 is 1.83 bits per heavy atom. The van der Waals surface area contributed by atoms with Crippen LogP contribution in [0.15, 0.2) is 90.1 Å². The van der Waals surface area contributed by atoms with E-state index in [1.54, 1.807) is 37.3 Å². The van der Waals surface area contributed by atoms with Crippen LogP contribution in [-0.4, -0.2) is 25.9 Å². The summed E-state index contributed by atoms with van der Waals surface area (Å²) in [6.45, 7) is 1.78. The zero-order valence-electron chi connectivity index (χ0n) is 17.2. The summed E-state index contributed by atoms with van der Waals surface area (Å²) in [5.74, 6) is -0.566. The van der Waals surface area contributed by atoms with Crippen LogP contribution in [0.4, 0.5) is 0 Å². The van der Waals surface area contributed by atoms with Crippen molar-refractivity contribution in [3.05, 3.63) is 96.1 Å². The standard InChI is InChI=1S/C24H24NO4P/c1-18(25-29-3)21-16-10-11-17-22(21)23(24(26)28-2)30(27,19-12-6-4-7-13-19)20-14-8-5-9-15-20/h4-17,23H,1-3H3/b25-18-. The number of oxime groups is 1. The summed E-state index contributed by atoms with van der Waals surface area (Å²) in [6, 6.07) is 25.5. The number of carbonyl (C=O) groups excluding carboxylic acids is 1. The van der Waals surface area contributed by atoms with Gasteiger partial charge in [-0.3, -0.25) is 4.79 Å². The topological polar surface area (TPSA) is 65.0 Å². The fourth-order valence-electron chi connectivity index (χ4n) is 3.58. The van der Waals surface area contributed by atoms with E-state index in [0.717, 1.165) is 0 Å². The molecule has 0 saturated heterocycles. The molecule has 3 rings (SSSR count). The molecule has 0 spiro atoms. The third-order valence-corrected chi connectivity index (χ3v) is 8.29. The van der Waals surface area contributed by atoms with Gasteiger partial charge in [0.1, 0.15) is 12.8 Å². The van der Waals surface area contributed by atoms with Gasteiger partial charge in [-0.25, -0.2) is 0 Å². The van der Waals surface area contributed by atoms with E-state index in [2.05, 4.69) is 5.16 Å². The Labute approximate surface area is 176 Å². The molecule has 0 aliphatic carbocycles. The van der Waals surface area contributed by atoms with Gasteiger partial charge in [0.25, 0.3) is 0 Å². The quantitative estimate of drug-likeness (QED) is 0.247. The zero-order chi connectivity index (χ0) is 21.6. The summed E-state index contributed by atoms with van der Waals surface area (Å²) >= 11 is 0. The number of nitrogens with zero attached hydrogens (tertiary/aromatic N) is 1. The molecule has 5 nitrogen and oxygen atoms in total. The number of hydrogen-bond acceptors (Lipinski definition) is 5. The second-order valence-electron chi connectivity index (χ2n) is 6.70. The van der Waals surface area contributed by atoms with E-state index in [1.165, 1.54) is 14.2 Å². The minimum atomic E-state index is -3.48. The van der Waals surface area contributed by atoms with Crippen molar-refractivity contribution in [1.82, 2.24) is 0 Å². The van der Waals surface area contributed by atoms with Crippen molar-refractivity contribution in [2.45, 2.75) is 12.6 Å². The van der Waals surface area contributed by atoms with Crippen LogP contribution in [0.2, 0.25) is 0 Å². The highest BCUT2D eigenvalue weighted by molar-refractivity contribution is 7.79. The van der Waals surface area contributed by atoms with Crippen molar-refractivity contribution < 1.29 is 18.9 Å². The third kappa shape index (κ3) is 4.07. The lowest BCUT2D eigenvalue weighted by atomic mass is 10.0. The largest absolute Gasteiger partial charge is 0.468 e. The lowest BCUT2D eigenvalue weighted by Gasteiger charge is -2.28. The van der Waals surface area contributed by atoms with Crippen LogP contribution in [-0.2, 0) is 18.9 Å². The lowest BCUT2D eigenvalue weighted by molar-refractivity contribution is -0.140. The van der Waals surface area contributed by atoms with Crippen LogP contribution >= 0.6 is 7.14 Å². The number of hydrogen-bond donors (Lipinski definition) is 0. The molecule has 0 N–H and O–H groups in total. The number of rotatable bonds is 7. The van der Waals surface area contributed by atoms with Gasteiger partial charge in [0.2, 0.25) is 0 Å². The molecule has 154 valence electrons. The van der Waals surface area contributed by atoms with E-state index < -0.39 is 18.8 Å². The minimum Gasteiger partial charge on any atom is -0.468 e. The van der Waals surface area contributed by atoms with Gasteiger partial charge < -0.3 is 14.1 Å². The second-order valence-corrected chi connectivity index (χ2v) is 9.57. The monoisotopic (exact) mass is 421 g/mol. The Bertz CT molecular complexity index is 1040. The van der Waals surface area contributed by atoms with Gasteiger partial charge in [-0.05, 0) is 12.5 Å². The number of benzene rings is 3. The smallest absolute Gasteiger partial charge is 0.321 e. The summed E-state index contributed by atoms with van der Waals surface area (Å²) in [5, 5.41) is 5.20. The summed E-state index contributed by atoms with van der Waals surface area (Å²) in [5.41, 5.74) is 0.806. The molecule has 0 bridgehead atoms. The highest BCUT2D eigenvalue weighted by Crippen LogP contribution is 2.58. The Morgan fingerprint density at radius 2 is 1.33 bits per heavy atom. The van der Waals surface area contributed by atoms with Crippen LogP contribution in [0.25, 0.3) is 0 Å². The Hall–Kier alpha value is -3.17. The minimum absolute atomic E-state index is 0.566. The molecule has 3 aromatic rings. The van der Waals surface area contributed by atoms with Gasteiger partial charge in [-0.2, -0.15) is 0 Å². The molecule has 0 amide bonds. The Balaban J connectivity index is 2.36. The number of ether oxygens (including phenoxy) is 1. The summed E-state index contributed by atoms with van der Waals surface area (Å²) < 4.78 is 20.0. The van der Waals surface area contributed by atoms with Crippen LogP contribution in [0, 0.1) is 0 Å². The van der Waals surface area contributed by atoms with Crippen molar-refractivity contribution in [2.75, 3.05) is 14.2 Å².